The average molecular weight is 382 g/mol. The molecule has 0 saturated heterocycles. The lowest BCUT2D eigenvalue weighted by atomic mass is 10.1. The number of thiocarbonyl (C=S) groups is 1. The number of methoxy groups -OCH3 is 2. The fourth-order valence-electron chi connectivity index (χ4n) is 2.98. The smallest absolute Gasteiger partial charge is 0.170 e. The first-order valence-corrected chi connectivity index (χ1v) is 9.22. The maximum Gasteiger partial charge on any atom is 0.170 e. The SMILES string of the molecule is COc1ccccc1CCCNC(=S)Nc1ccc(OC)c2ncccc12. The Morgan fingerprint density at radius 3 is 2.63 bits per heavy atom. The standard InChI is InChI=1S/C21H23N3O2S/c1-25-18-10-4-3-7-15(18)8-5-14-23-21(27)24-17-11-12-19(26-2)20-16(17)9-6-13-22-20/h3-4,6-7,9-13H,5,8,14H2,1-2H3,(H2,23,24,27). The van der Waals surface area contributed by atoms with Gasteiger partial charge in [0.25, 0.3) is 0 Å². The minimum absolute atomic E-state index is 0.588. The van der Waals surface area contributed by atoms with Gasteiger partial charge in [0.1, 0.15) is 17.0 Å². The average Bonchev–Trinajstić information content (AvgIpc) is 2.71. The number of anilines is 1. The molecule has 0 unspecified atom stereocenters. The molecule has 0 spiro atoms. The first-order valence-electron chi connectivity index (χ1n) is 8.81. The van der Waals surface area contributed by atoms with Gasteiger partial charge in [0.2, 0.25) is 0 Å². The van der Waals surface area contributed by atoms with Gasteiger partial charge in [-0.15, -0.1) is 0 Å². The lowest BCUT2D eigenvalue weighted by Gasteiger charge is -2.14. The second kappa shape index (κ2) is 9.19. The summed E-state index contributed by atoms with van der Waals surface area (Å²) in [7, 11) is 3.34. The van der Waals surface area contributed by atoms with Gasteiger partial charge < -0.3 is 20.1 Å². The number of hydrogen-bond donors (Lipinski definition) is 2. The summed E-state index contributed by atoms with van der Waals surface area (Å²) in [5.41, 5.74) is 2.91. The molecule has 3 aromatic rings. The van der Waals surface area contributed by atoms with Crippen LogP contribution in [0.5, 0.6) is 11.5 Å². The van der Waals surface area contributed by atoms with Crippen LogP contribution in [0.2, 0.25) is 0 Å². The predicted molar refractivity (Wildman–Crippen MR) is 114 cm³/mol. The van der Waals surface area contributed by atoms with E-state index in [2.05, 4.69) is 21.7 Å². The molecular weight excluding hydrogens is 358 g/mol. The minimum atomic E-state index is 0.588. The molecule has 0 amide bonds. The molecule has 0 aliphatic heterocycles. The van der Waals surface area contributed by atoms with Crippen LogP contribution in [0.1, 0.15) is 12.0 Å². The van der Waals surface area contributed by atoms with E-state index in [1.54, 1.807) is 20.4 Å². The van der Waals surface area contributed by atoms with Crippen molar-refractivity contribution in [3.63, 3.8) is 0 Å². The Kier molecular flexibility index (Phi) is 6.44. The fourth-order valence-corrected chi connectivity index (χ4v) is 3.19. The van der Waals surface area contributed by atoms with E-state index >= 15 is 0 Å². The summed E-state index contributed by atoms with van der Waals surface area (Å²) in [6.45, 7) is 0.774. The van der Waals surface area contributed by atoms with Gasteiger partial charge in [-0.25, -0.2) is 0 Å². The summed E-state index contributed by atoms with van der Waals surface area (Å²) in [6, 6.07) is 15.8. The van der Waals surface area contributed by atoms with Crippen LogP contribution < -0.4 is 20.1 Å². The van der Waals surface area contributed by atoms with Crippen LogP contribution in [0.25, 0.3) is 10.9 Å². The van der Waals surface area contributed by atoms with E-state index in [-0.39, 0.29) is 0 Å². The lowest BCUT2D eigenvalue weighted by Crippen LogP contribution is -2.29. The van der Waals surface area contributed by atoms with Gasteiger partial charge in [0.15, 0.2) is 5.11 Å². The quantitative estimate of drug-likeness (QED) is 0.473. The highest BCUT2D eigenvalue weighted by Gasteiger charge is 2.08. The summed E-state index contributed by atoms with van der Waals surface area (Å²) in [5, 5.41) is 8.07. The molecule has 0 fully saturated rings. The highest BCUT2D eigenvalue weighted by atomic mass is 32.1. The second-order valence-electron chi connectivity index (χ2n) is 6.01. The van der Waals surface area contributed by atoms with Gasteiger partial charge >= 0.3 is 0 Å². The van der Waals surface area contributed by atoms with Crippen LogP contribution in [0.15, 0.2) is 54.7 Å². The molecule has 1 heterocycles. The lowest BCUT2D eigenvalue weighted by molar-refractivity contribution is 0.409. The van der Waals surface area contributed by atoms with E-state index in [0.717, 1.165) is 47.5 Å². The van der Waals surface area contributed by atoms with Crippen LogP contribution in [-0.2, 0) is 6.42 Å². The van der Waals surface area contributed by atoms with Crippen LogP contribution >= 0.6 is 12.2 Å². The molecule has 0 atom stereocenters. The van der Waals surface area contributed by atoms with E-state index in [4.69, 9.17) is 21.7 Å². The van der Waals surface area contributed by atoms with Crippen molar-refractivity contribution in [3.8, 4) is 11.5 Å². The summed E-state index contributed by atoms with van der Waals surface area (Å²) in [6.07, 6.45) is 3.63. The Labute approximate surface area is 164 Å². The molecule has 2 aromatic carbocycles. The number of para-hydroxylation sites is 1. The zero-order chi connectivity index (χ0) is 19.1. The van der Waals surface area contributed by atoms with E-state index in [1.807, 2.05) is 42.5 Å². The topological polar surface area (TPSA) is 55.4 Å². The predicted octanol–water partition coefficient (Wildman–Crippen LogP) is 4.17. The third kappa shape index (κ3) is 4.65. The number of hydrogen-bond acceptors (Lipinski definition) is 4. The number of benzene rings is 2. The highest BCUT2D eigenvalue weighted by molar-refractivity contribution is 7.80. The van der Waals surface area contributed by atoms with Gasteiger partial charge in [0.05, 0.1) is 14.2 Å². The molecule has 0 aliphatic carbocycles. The van der Waals surface area contributed by atoms with Crippen molar-refractivity contribution in [1.82, 2.24) is 10.3 Å². The molecule has 3 rings (SSSR count). The van der Waals surface area contributed by atoms with Gasteiger partial charge in [-0.1, -0.05) is 18.2 Å². The maximum absolute atomic E-state index is 5.44. The molecule has 140 valence electrons. The molecule has 0 radical (unpaired) electrons. The van der Waals surface area contributed by atoms with Gasteiger partial charge in [-0.3, -0.25) is 4.98 Å². The number of aryl methyl sites for hydroxylation is 1. The van der Waals surface area contributed by atoms with Crippen molar-refractivity contribution in [2.75, 3.05) is 26.1 Å². The summed E-state index contributed by atoms with van der Waals surface area (Å²) in [5.74, 6) is 1.67. The molecule has 6 heteroatoms. The van der Waals surface area contributed by atoms with Gasteiger partial charge in [0, 0.05) is 23.8 Å². The first-order chi connectivity index (χ1) is 13.2. The van der Waals surface area contributed by atoms with Crippen molar-refractivity contribution >= 4 is 33.9 Å². The van der Waals surface area contributed by atoms with Gasteiger partial charge in [-0.2, -0.15) is 0 Å². The zero-order valence-electron chi connectivity index (χ0n) is 15.5. The third-order valence-electron chi connectivity index (χ3n) is 4.30. The van der Waals surface area contributed by atoms with Crippen LogP contribution in [0.4, 0.5) is 5.69 Å². The summed E-state index contributed by atoms with van der Waals surface area (Å²) >= 11 is 5.44. The van der Waals surface area contributed by atoms with E-state index in [1.165, 1.54) is 5.56 Å². The largest absolute Gasteiger partial charge is 0.496 e. The van der Waals surface area contributed by atoms with Crippen molar-refractivity contribution < 1.29 is 9.47 Å². The molecular formula is C21H23N3O2S. The third-order valence-corrected chi connectivity index (χ3v) is 4.55. The minimum Gasteiger partial charge on any atom is -0.496 e. The van der Waals surface area contributed by atoms with Crippen LogP contribution in [0, 0.1) is 0 Å². The monoisotopic (exact) mass is 381 g/mol. The number of nitrogens with zero attached hydrogens (tertiary/aromatic N) is 1. The van der Waals surface area contributed by atoms with E-state index in [9.17, 15) is 0 Å². The zero-order valence-corrected chi connectivity index (χ0v) is 16.3. The van der Waals surface area contributed by atoms with E-state index in [0.29, 0.717) is 5.11 Å². The molecule has 27 heavy (non-hydrogen) atoms. The molecule has 2 N–H and O–H groups in total. The van der Waals surface area contributed by atoms with Crippen LogP contribution in [-0.4, -0.2) is 30.9 Å². The van der Waals surface area contributed by atoms with Gasteiger partial charge in [-0.05, 0) is 61.0 Å². The Morgan fingerprint density at radius 2 is 1.81 bits per heavy atom. The fraction of sp³-hybridized carbons (Fsp3) is 0.238. The van der Waals surface area contributed by atoms with Crippen LogP contribution in [0.3, 0.4) is 0 Å². The number of pyridine rings is 1. The molecule has 0 bridgehead atoms. The molecule has 0 aliphatic rings. The maximum atomic E-state index is 5.44. The number of ether oxygens (including phenoxy) is 2. The summed E-state index contributed by atoms with van der Waals surface area (Å²) < 4.78 is 10.8. The normalized spacial score (nSPS) is 10.4. The second-order valence-corrected chi connectivity index (χ2v) is 6.42. The van der Waals surface area contributed by atoms with Crippen molar-refractivity contribution in [3.05, 3.63) is 60.3 Å². The molecule has 5 nitrogen and oxygen atoms in total. The van der Waals surface area contributed by atoms with E-state index < -0.39 is 0 Å². The molecule has 1 aromatic heterocycles. The number of rotatable bonds is 7. The molecule has 0 saturated carbocycles. The number of aromatic nitrogens is 1. The van der Waals surface area contributed by atoms with Crippen molar-refractivity contribution in [2.24, 2.45) is 0 Å². The number of nitrogens with one attached hydrogen (secondary N) is 2. The Balaban J connectivity index is 1.56. The Hall–Kier alpha value is -2.86. The first kappa shape index (κ1) is 18.9. The number of fused-ring (bicyclic) bond motifs is 1. The summed E-state index contributed by atoms with van der Waals surface area (Å²) in [4.78, 5) is 4.40. The highest BCUT2D eigenvalue weighted by Crippen LogP contribution is 2.29. The van der Waals surface area contributed by atoms with Crippen molar-refractivity contribution in [1.29, 1.82) is 0 Å². The van der Waals surface area contributed by atoms with Crippen molar-refractivity contribution in [2.45, 2.75) is 12.8 Å². The Bertz CT molecular complexity index is 930. The Morgan fingerprint density at radius 1 is 1.00 bits per heavy atom.